The molecular weight excluding hydrogens is 376 g/mol. The molecule has 1 spiro atoms. The van der Waals surface area contributed by atoms with Crippen LogP contribution in [0.2, 0.25) is 0 Å². The number of ether oxygens (including phenoxy) is 2. The Labute approximate surface area is 169 Å². The number of rotatable bonds is 2. The number of fused-ring (bicyclic) bond motifs is 3. The maximum atomic E-state index is 13.1. The summed E-state index contributed by atoms with van der Waals surface area (Å²) in [4.78, 5) is 28.0. The number of carbonyl (C=O) groups is 2. The largest absolute Gasteiger partial charge is 0.497 e. The van der Waals surface area contributed by atoms with Gasteiger partial charge in [-0.3, -0.25) is 9.59 Å². The first-order chi connectivity index (χ1) is 13.6. The summed E-state index contributed by atoms with van der Waals surface area (Å²) in [6.07, 6.45) is 3.53. The van der Waals surface area contributed by atoms with Crippen LogP contribution in [0.5, 0.6) is 11.5 Å². The van der Waals surface area contributed by atoms with Gasteiger partial charge in [-0.25, -0.2) is 0 Å². The standard InChI is InChI=1S/C21H26N2O4S/c1-26-15-4-5-16-18(11-15)27-21(22-19(16)24)12-13-2-3-14(21)10-17(13)20(25)23-6-8-28-9-7-23/h4-5,11,13-14,17H,2-3,6-10,12H2,1H3,(H,22,24)/t13-,14+,17-,21-/m0/s1. The van der Waals surface area contributed by atoms with Crippen LogP contribution >= 0.6 is 11.8 Å². The monoisotopic (exact) mass is 402 g/mol. The fourth-order valence-corrected chi connectivity index (χ4v) is 6.34. The van der Waals surface area contributed by atoms with Crippen LogP contribution in [0.1, 0.15) is 36.0 Å². The quantitative estimate of drug-likeness (QED) is 0.823. The van der Waals surface area contributed by atoms with E-state index in [-0.39, 0.29) is 23.7 Å². The van der Waals surface area contributed by atoms with Crippen molar-refractivity contribution in [3.63, 3.8) is 0 Å². The van der Waals surface area contributed by atoms with E-state index in [1.165, 1.54) is 0 Å². The Balaban J connectivity index is 1.38. The van der Waals surface area contributed by atoms with Crippen molar-refractivity contribution in [2.45, 2.75) is 31.4 Å². The maximum absolute atomic E-state index is 13.1. The Morgan fingerprint density at radius 1 is 1.32 bits per heavy atom. The predicted octanol–water partition coefficient (Wildman–Crippen LogP) is 2.53. The third-order valence-electron chi connectivity index (χ3n) is 6.91. The molecule has 2 bridgehead atoms. The molecule has 6 nitrogen and oxygen atoms in total. The van der Waals surface area contributed by atoms with Crippen molar-refractivity contribution in [3.05, 3.63) is 23.8 Å². The summed E-state index contributed by atoms with van der Waals surface area (Å²) < 4.78 is 11.7. The second-order valence-corrected chi connectivity index (χ2v) is 9.55. The third-order valence-corrected chi connectivity index (χ3v) is 7.85. The highest BCUT2D eigenvalue weighted by Gasteiger charge is 2.57. The van der Waals surface area contributed by atoms with Crippen molar-refractivity contribution in [1.82, 2.24) is 10.2 Å². The van der Waals surface area contributed by atoms with E-state index in [4.69, 9.17) is 9.47 Å². The van der Waals surface area contributed by atoms with E-state index in [0.717, 1.165) is 43.9 Å². The summed E-state index contributed by atoms with van der Waals surface area (Å²) in [5.41, 5.74) is -0.139. The van der Waals surface area contributed by atoms with Gasteiger partial charge in [0.05, 0.1) is 12.7 Å². The maximum Gasteiger partial charge on any atom is 0.258 e. The number of amides is 2. The summed E-state index contributed by atoms with van der Waals surface area (Å²) in [6, 6.07) is 5.32. The van der Waals surface area contributed by atoms with Gasteiger partial charge in [0.1, 0.15) is 11.5 Å². The Morgan fingerprint density at radius 2 is 2.14 bits per heavy atom. The van der Waals surface area contributed by atoms with Gasteiger partial charge in [-0.2, -0.15) is 11.8 Å². The molecule has 4 fully saturated rings. The van der Waals surface area contributed by atoms with Crippen LogP contribution in [-0.2, 0) is 4.79 Å². The predicted molar refractivity (Wildman–Crippen MR) is 107 cm³/mol. The number of thioether (sulfide) groups is 1. The summed E-state index contributed by atoms with van der Waals surface area (Å²) in [5, 5.41) is 3.17. The lowest BCUT2D eigenvalue weighted by molar-refractivity contribution is -0.155. The molecular formula is C21H26N2O4S. The van der Waals surface area contributed by atoms with Gasteiger partial charge < -0.3 is 19.7 Å². The van der Waals surface area contributed by atoms with Crippen molar-refractivity contribution in [2.24, 2.45) is 17.8 Å². The number of benzene rings is 1. The number of hydrogen-bond acceptors (Lipinski definition) is 5. The molecule has 0 unspecified atom stereocenters. The van der Waals surface area contributed by atoms with Crippen LogP contribution < -0.4 is 14.8 Å². The molecule has 7 heteroatoms. The van der Waals surface area contributed by atoms with Crippen molar-refractivity contribution in [1.29, 1.82) is 0 Å². The average molecular weight is 403 g/mol. The van der Waals surface area contributed by atoms with E-state index in [1.54, 1.807) is 25.3 Å². The van der Waals surface area contributed by atoms with Crippen LogP contribution in [-0.4, -0.2) is 54.1 Å². The Morgan fingerprint density at radius 3 is 2.86 bits per heavy atom. The van der Waals surface area contributed by atoms with Crippen LogP contribution in [0.4, 0.5) is 0 Å². The molecule has 1 aromatic rings. The molecule has 5 aliphatic rings. The molecule has 1 N–H and O–H groups in total. The van der Waals surface area contributed by atoms with Gasteiger partial charge in [0.25, 0.3) is 5.91 Å². The highest BCUT2D eigenvalue weighted by molar-refractivity contribution is 7.99. The summed E-state index contributed by atoms with van der Waals surface area (Å²) in [7, 11) is 1.61. The Hall–Kier alpha value is -1.89. The topological polar surface area (TPSA) is 67.9 Å². The number of nitrogens with zero attached hydrogens (tertiary/aromatic N) is 1. The molecule has 6 rings (SSSR count). The van der Waals surface area contributed by atoms with E-state index in [0.29, 0.717) is 29.4 Å². The zero-order chi connectivity index (χ0) is 19.3. The van der Waals surface area contributed by atoms with Crippen molar-refractivity contribution in [2.75, 3.05) is 31.7 Å². The lowest BCUT2D eigenvalue weighted by Crippen LogP contribution is -2.67. The molecule has 28 heavy (non-hydrogen) atoms. The molecule has 2 aliphatic heterocycles. The minimum atomic E-state index is -0.687. The van der Waals surface area contributed by atoms with Crippen molar-refractivity contribution < 1.29 is 19.1 Å². The van der Waals surface area contributed by atoms with E-state index in [2.05, 4.69) is 10.2 Å². The smallest absolute Gasteiger partial charge is 0.258 e. The first-order valence-electron chi connectivity index (χ1n) is 10.2. The average Bonchev–Trinajstić information content (AvgIpc) is 2.73. The van der Waals surface area contributed by atoms with Crippen LogP contribution in [0.3, 0.4) is 0 Å². The first kappa shape index (κ1) is 18.2. The minimum absolute atomic E-state index is 0.0692. The molecule has 0 aromatic heterocycles. The van der Waals surface area contributed by atoms with E-state index >= 15 is 0 Å². The van der Waals surface area contributed by atoms with Crippen molar-refractivity contribution in [3.8, 4) is 11.5 Å². The van der Waals surface area contributed by atoms with Gasteiger partial charge in [0.2, 0.25) is 5.91 Å². The normalized spacial score (nSPS) is 33.8. The second kappa shape index (κ2) is 6.87. The molecule has 2 amide bonds. The molecule has 1 saturated heterocycles. The van der Waals surface area contributed by atoms with Gasteiger partial charge in [0, 0.05) is 48.9 Å². The Bertz CT molecular complexity index is 810. The fourth-order valence-electron chi connectivity index (χ4n) is 5.44. The number of nitrogens with one attached hydrogen (secondary N) is 1. The first-order valence-corrected chi connectivity index (χ1v) is 11.3. The number of hydrogen-bond donors (Lipinski definition) is 1. The molecule has 150 valence electrons. The number of carbonyl (C=O) groups excluding carboxylic acids is 2. The minimum Gasteiger partial charge on any atom is -0.497 e. The van der Waals surface area contributed by atoms with Crippen LogP contribution in [0.15, 0.2) is 18.2 Å². The van der Waals surface area contributed by atoms with Gasteiger partial charge in [-0.05, 0) is 37.3 Å². The zero-order valence-electron chi connectivity index (χ0n) is 16.1. The molecule has 4 atom stereocenters. The molecule has 1 aromatic carbocycles. The highest BCUT2D eigenvalue weighted by atomic mass is 32.2. The van der Waals surface area contributed by atoms with E-state index in [1.807, 2.05) is 11.8 Å². The van der Waals surface area contributed by atoms with Crippen LogP contribution in [0.25, 0.3) is 0 Å². The molecule has 0 radical (unpaired) electrons. The van der Waals surface area contributed by atoms with Gasteiger partial charge in [0.15, 0.2) is 5.72 Å². The summed E-state index contributed by atoms with van der Waals surface area (Å²) >= 11 is 1.92. The SMILES string of the molecule is COc1ccc2c(c1)O[C@]1(C[C@@H]3CC[C@@H]1C[C@@H]3C(=O)N1CCSCC1)NC2=O. The van der Waals surface area contributed by atoms with Crippen LogP contribution in [0, 0.1) is 17.8 Å². The molecule has 3 aliphatic carbocycles. The third kappa shape index (κ3) is 2.86. The molecule has 3 saturated carbocycles. The van der Waals surface area contributed by atoms with Gasteiger partial charge in [-0.1, -0.05) is 0 Å². The lowest BCUT2D eigenvalue weighted by atomic mass is 9.59. The number of methoxy groups -OCH3 is 1. The summed E-state index contributed by atoms with van der Waals surface area (Å²) in [6.45, 7) is 1.73. The van der Waals surface area contributed by atoms with Gasteiger partial charge in [-0.15, -0.1) is 0 Å². The van der Waals surface area contributed by atoms with E-state index in [9.17, 15) is 9.59 Å². The fraction of sp³-hybridized carbons (Fsp3) is 0.619. The van der Waals surface area contributed by atoms with Gasteiger partial charge >= 0.3 is 0 Å². The summed E-state index contributed by atoms with van der Waals surface area (Å²) in [5.74, 6) is 4.06. The van der Waals surface area contributed by atoms with Crippen molar-refractivity contribution >= 4 is 23.6 Å². The highest BCUT2D eigenvalue weighted by Crippen LogP contribution is 2.53. The molecule has 2 heterocycles. The zero-order valence-corrected chi connectivity index (χ0v) is 16.9. The second-order valence-electron chi connectivity index (χ2n) is 8.33. The van der Waals surface area contributed by atoms with E-state index < -0.39 is 5.72 Å². The lowest BCUT2D eigenvalue weighted by Gasteiger charge is -2.55. The Kier molecular flexibility index (Phi) is 4.45.